The number of rotatable bonds is 4. The monoisotopic (exact) mass is 264 g/mol. The van der Waals surface area contributed by atoms with Gasteiger partial charge in [-0.1, -0.05) is 0 Å². The Labute approximate surface area is 113 Å². The third-order valence-electron chi connectivity index (χ3n) is 3.50. The second kappa shape index (κ2) is 5.99. The lowest BCUT2D eigenvalue weighted by Crippen LogP contribution is -2.44. The number of nitro groups is 1. The van der Waals surface area contributed by atoms with Crippen LogP contribution in [-0.4, -0.2) is 50.1 Å². The number of nitro benzene ring substituents is 1. The summed E-state index contributed by atoms with van der Waals surface area (Å²) in [4.78, 5) is 15.2. The summed E-state index contributed by atoms with van der Waals surface area (Å²) in [5.74, 6) is 0. The quantitative estimate of drug-likeness (QED) is 0.651. The molecule has 1 aliphatic rings. The predicted octanol–water partition coefficient (Wildman–Crippen LogP) is 1.07. The normalized spacial score (nSPS) is 16.6. The van der Waals surface area contributed by atoms with Gasteiger partial charge in [0.2, 0.25) is 0 Å². The fourth-order valence-corrected chi connectivity index (χ4v) is 2.34. The summed E-state index contributed by atoms with van der Waals surface area (Å²) in [7, 11) is 3.91. The molecule has 1 aromatic rings. The zero-order valence-corrected chi connectivity index (χ0v) is 11.4. The molecule has 2 rings (SSSR count). The highest BCUT2D eigenvalue weighted by Gasteiger charge is 2.18. The number of benzene rings is 1. The first kappa shape index (κ1) is 13.8. The summed E-state index contributed by atoms with van der Waals surface area (Å²) in [5.41, 5.74) is 2.00. The molecule has 0 amide bonds. The molecule has 1 saturated heterocycles. The highest BCUT2D eigenvalue weighted by Crippen LogP contribution is 2.25. The number of anilines is 1. The molecule has 6 nitrogen and oxygen atoms in total. The van der Waals surface area contributed by atoms with E-state index in [1.54, 1.807) is 13.1 Å². The van der Waals surface area contributed by atoms with Crippen LogP contribution in [0.25, 0.3) is 0 Å². The topological polar surface area (TPSA) is 61.6 Å². The zero-order chi connectivity index (χ0) is 13.8. The van der Waals surface area contributed by atoms with Crippen LogP contribution < -0.4 is 10.2 Å². The van der Waals surface area contributed by atoms with E-state index < -0.39 is 0 Å². The number of hydrogen-bond acceptors (Lipinski definition) is 5. The van der Waals surface area contributed by atoms with Crippen molar-refractivity contribution in [2.75, 3.05) is 45.2 Å². The number of piperazine rings is 1. The van der Waals surface area contributed by atoms with Crippen LogP contribution in [0.5, 0.6) is 0 Å². The van der Waals surface area contributed by atoms with Gasteiger partial charge in [-0.3, -0.25) is 10.1 Å². The number of nitrogens with zero attached hydrogens (tertiary/aromatic N) is 3. The SMILES string of the molecule is CNCc1cc(N2CCN(C)CC2)ccc1[N+](=O)[O-]. The highest BCUT2D eigenvalue weighted by molar-refractivity contribution is 5.56. The maximum Gasteiger partial charge on any atom is 0.274 e. The van der Waals surface area contributed by atoms with Crippen molar-refractivity contribution in [1.29, 1.82) is 0 Å². The minimum absolute atomic E-state index is 0.187. The summed E-state index contributed by atoms with van der Waals surface area (Å²) < 4.78 is 0. The highest BCUT2D eigenvalue weighted by atomic mass is 16.6. The van der Waals surface area contributed by atoms with Gasteiger partial charge in [0, 0.05) is 50.0 Å². The third-order valence-corrected chi connectivity index (χ3v) is 3.50. The molecule has 1 heterocycles. The first-order valence-electron chi connectivity index (χ1n) is 6.47. The molecule has 104 valence electrons. The van der Waals surface area contributed by atoms with Crippen molar-refractivity contribution in [3.8, 4) is 0 Å². The van der Waals surface area contributed by atoms with E-state index in [9.17, 15) is 10.1 Å². The Balaban J connectivity index is 2.22. The van der Waals surface area contributed by atoms with Gasteiger partial charge >= 0.3 is 0 Å². The van der Waals surface area contributed by atoms with Crippen molar-refractivity contribution in [3.63, 3.8) is 0 Å². The van der Waals surface area contributed by atoms with Gasteiger partial charge in [0.15, 0.2) is 0 Å². The van der Waals surface area contributed by atoms with E-state index in [1.165, 1.54) is 0 Å². The summed E-state index contributed by atoms with van der Waals surface area (Å²) in [6.07, 6.45) is 0. The lowest BCUT2D eigenvalue weighted by molar-refractivity contribution is -0.385. The van der Waals surface area contributed by atoms with E-state index in [0.29, 0.717) is 6.54 Å². The largest absolute Gasteiger partial charge is 0.369 e. The molecular weight excluding hydrogens is 244 g/mol. The predicted molar refractivity (Wildman–Crippen MR) is 75.6 cm³/mol. The minimum atomic E-state index is -0.319. The molecule has 1 N–H and O–H groups in total. The zero-order valence-electron chi connectivity index (χ0n) is 11.4. The van der Waals surface area contributed by atoms with Crippen molar-refractivity contribution in [3.05, 3.63) is 33.9 Å². The van der Waals surface area contributed by atoms with Gasteiger partial charge in [-0.15, -0.1) is 0 Å². The van der Waals surface area contributed by atoms with E-state index in [0.717, 1.165) is 37.4 Å². The van der Waals surface area contributed by atoms with Crippen LogP contribution >= 0.6 is 0 Å². The van der Waals surface area contributed by atoms with Gasteiger partial charge in [0.1, 0.15) is 0 Å². The average Bonchev–Trinajstić information content (AvgIpc) is 2.39. The van der Waals surface area contributed by atoms with Gasteiger partial charge in [-0.05, 0) is 26.2 Å². The van der Waals surface area contributed by atoms with Crippen LogP contribution in [0.2, 0.25) is 0 Å². The molecule has 0 atom stereocenters. The lowest BCUT2D eigenvalue weighted by Gasteiger charge is -2.34. The van der Waals surface area contributed by atoms with E-state index in [1.807, 2.05) is 12.1 Å². The number of nitrogens with one attached hydrogen (secondary N) is 1. The van der Waals surface area contributed by atoms with Gasteiger partial charge in [0.25, 0.3) is 5.69 Å². The van der Waals surface area contributed by atoms with Crippen LogP contribution in [0.15, 0.2) is 18.2 Å². The molecular formula is C13H20N4O2. The van der Waals surface area contributed by atoms with Crippen LogP contribution in [0, 0.1) is 10.1 Å². The standard InChI is InChI=1S/C13H20N4O2/c1-14-10-11-9-12(3-4-13(11)17(18)19)16-7-5-15(2)6-8-16/h3-4,9,14H,5-8,10H2,1-2H3. The van der Waals surface area contributed by atoms with Crippen LogP contribution in [0.3, 0.4) is 0 Å². The van der Waals surface area contributed by atoms with Crippen molar-refractivity contribution >= 4 is 11.4 Å². The van der Waals surface area contributed by atoms with E-state index in [2.05, 4.69) is 22.2 Å². The minimum Gasteiger partial charge on any atom is -0.369 e. The van der Waals surface area contributed by atoms with Crippen molar-refractivity contribution in [2.24, 2.45) is 0 Å². The third kappa shape index (κ3) is 3.21. The summed E-state index contributed by atoms with van der Waals surface area (Å²) in [6.45, 7) is 4.50. The lowest BCUT2D eigenvalue weighted by atomic mass is 10.1. The van der Waals surface area contributed by atoms with E-state index >= 15 is 0 Å². The first-order valence-corrected chi connectivity index (χ1v) is 6.47. The second-order valence-electron chi connectivity index (χ2n) is 4.89. The molecule has 1 aromatic carbocycles. The van der Waals surface area contributed by atoms with E-state index in [-0.39, 0.29) is 10.6 Å². The summed E-state index contributed by atoms with van der Waals surface area (Å²) in [6, 6.07) is 5.39. The molecule has 0 bridgehead atoms. The fraction of sp³-hybridized carbons (Fsp3) is 0.538. The van der Waals surface area contributed by atoms with E-state index in [4.69, 9.17) is 0 Å². The summed E-state index contributed by atoms with van der Waals surface area (Å²) >= 11 is 0. The molecule has 1 aliphatic heterocycles. The van der Waals surface area contributed by atoms with Gasteiger partial charge < -0.3 is 15.1 Å². The molecule has 0 radical (unpaired) electrons. The van der Waals surface area contributed by atoms with Gasteiger partial charge in [0.05, 0.1) is 4.92 Å². The molecule has 0 aliphatic carbocycles. The second-order valence-corrected chi connectivity index (χ2v) is 4.89. The number of hydrogen-bond donors (Lipinski definition) is 1. The van der Waals surface area contributed by atoms with Gasteiger partial charge in [-0.2, -0.15) is 0 Å². The van der Waals surface area contributed by atoms with Crippen molar-refractivity contribution in [2.45, 2.75) is 6.54 Å². The molecule has 19 heavy (non-hydrogen) atoms. The molecule has 6 heteroatoms. The Morgan fingerprint density at radius 3 is 2.58 bits per heavy atom. The molecule has 0 aromatic heterocycles. The Morgan fingerprint density at radius 1 is 1.32 bits per heavy atom. The van der Waals surface area contributed by atoms with Crippen LogP contribution in [-0.2, 0) is 6.54 Å². The van der Waals surface area contributed by atoms with Crippen molar-refractivity contribution < 1.29 is 4.92 Å². The maximum absolute atomic E-state index is 11.0. The smallest absolute Gasteiger partial charge is 0.274 e. The molecule has 0 saturated carbocycles. The molecule has 0 unspecified atom stereocenters. The van der Waals surface area contributed by atoms with Gasteiger partial charge in [-0.25, -0.2) is 0 Å². The Bertz CT molecular complexity index is 456. The average molecular weight is 264 g/mol. The van der Waals surface area contributed by atoms with Crippen LogP contribution in [0.1, 0.15) is 5.56 Å². The first-order chi connectivity index (χ1) is 9.11. The number of likely N-dealkylation sites (N-methyl/N-ethyl adjacent to an activating group) is 1. The van der Waals surface area contributed by atoms with Crippen LogP contribution in [0.4, 0.5) is 11.4 Å². The van der Waals surface area contributed by atoms with Crippen molar-refractivity contribution in [1.82, 2.24) is 10.2 Å². The molecule has 1 fully saturated rings. The summed E-state index contributed by atoms with van der Waals surface area (Å²) in [5, 5.41) is 14.0. The Kier molecular flexibility index (Phi) is 4.34. The molecule has 0 spiro atoms. The Morgan fingerprint density at radius 2 is 2.00 bits per heavy atom. The Hall–Kier alpha value is -1.66. The maximum atomic E-state index is 11.0. The fourth-order valence-electron chi connectivity index (χ4n) is 2.34.